The van der Waals surface area contributed by atoms with Crippen molar-refractivity contribution < 1.29 is 22.3 Å². The Morgan fingerprint density at radius 2 is 1.92 bits per heavy atom. The Balaban J connectivity index is 2.04. The summed E-state index contributed by atoms with van der Waals surface area (Å²) < 4.78 is 56.2. The third kappa shape index (κ3) is 4.01. The first kappa shape index (κ1) is 18.3. The average Bonchev–Trinajstić information content (AvgIpc) is 3.07. The summed E-state index contributed by atoms with van der Waals surface area (Å²) in [6.45, 7) is -0.754. The molecule has 5 nitrogen and oxygen atoms in total. The van der Waals surface area contributed by atoms with E-state index in [9.17, 15) is 22.4 Å². The van der Waals surface area contributed by atoms with Crippen LogP contribution in [-0.4, -0.2) is 39.7 Å². The van der Waals surface area contributed by atoms with E-state index in [2.05, 4.69) is 9.97 Å². The summed E-state index contributed by atoms with van der Waals surface area (Å²) in [5, 5.41) is 0.179. The SMILES string of the molecule is O=c1c2cc[nH]c2nc(SCC(F)(F)F)n1-c1ccc(OCCF)cc1. The van der Waals surface area contributed by atoms with Gasteiger partial charge in [-0.2, -0.15) is 13.2 Å². The van der Waals surface area contributed by atoms with Crippen LogP contribution in [0.1, 0.15) is 0 Å². The van der Waals surface area contributed by atoms with Gasteiger partial charge >= 0.3 is 6.18 Å². The molecule has 0 atom stereocenters. The quantitative estimate of drug-likeness (QED) is 0.398. The first-order valence-corrected chi connectivity index (χ1v) is 8.46. The molecule has 0 aliphatic carbocycles. The molecule has 0 saturated carbocycles. The highest BCUT2D eigenvalue weighted by Crippen LogP contribution is 2.28. The summed E-state index contributed by atoms with van der Waals surface area (Å²) in [6.07, 6.45) is -2.91. The summed E-state index contributed by atoms with van der Waals surface area (Å²) in [6, 6.07) is 7.55. The van der Waals surface area contributed by atoms with Crippen LogP contribution in [0.4, 0.5) is 17.6 Å². The van der Waals surface area contributed by atoms with Gasteiger partial charge in [0.25, 0.3) is 5.56 Å². The number of rotatable bonds is 6. The van der Waals surface area contributed by atoms with Crippen molar-refractivity contribution in [3.8, 4) is 11.4 Å². The van der Waals surface area contributed by atoms with Gasteiger partial charge < -0.3 is 9.72 Å². The molecule has 10 heteroatoms. The van der Waals surface area contributed by atoms with E-state index in [4.69, 9.17) is 4.74 Å². The van der Waals surface area contributed by atoms with Crippen LogP contribution in [0.5, 0.6) is 5.75 Å². The Bertz CT molecular complexity index is 951. The average molecular weight is 387 g/mol. The zero-order valence-electron chi connectivity index (χ0n) is 13.2. The standard InChI is InChI=1S/C16H13F4N3O2S/c17-6-8-25-11-3-1-10(2-4-11)23-14(24)12-5-7-21-13(12)22-15(23)26-9-16(18,19)20/h1-5,7,21H,6,8-9H2. The molecule has 1 N–H and O–H groups in total. The number of halogens is 4. The van der Waals surface area contributed by atoms with Gasteiger partial charge in [-0.3, -0.25) is 9.36 Å². The van der Waals surface area contributed by atoms with E-state index in [0.29, 0.717) is 23.2 Å². The molecular weight excluding hydrogens is 374 g/mol. The third-order valence-electron chi connectivity index (χ3n) is 3.36. The number of hydrogen-bond donors (Lipinski definition) is 1. The Hall–Kier alpha value is -2.49. The number of alkyl halides is 4. The maximum atomic E-state index is 12.7. The molecule has 0 saturated heterocycles. The van der Waals surface area contributed by atoms with Gasteiger partial charge in [0.1, 0.15) is 24.7 Å². The molecule has 2 heterocycles. The van der Waals surface area contributed by atoms with Crippen molar-refractivity contribution in [2.24, 2.45) is 0 Å². The molecule has 0 radical (unpaired) electrons. The molecule has 3 aromatic rings. The number of hydrogen-bond acceptors (Lipinski definition) is 4. The maximum Gasteiger partial charge on any atom is 0.398 e. The number of nitrogens with one attached hydrogen (secondary N) is 1. The minimum absolute atomic E-state index is 0.0836. The second-order valence-electron chi connectivity index (χ2n) is 5.21. The van der Waals surface area contributed by atoms with Crippen molar-refractivity contribution in [1.29, 1.82) is 0 Å². The Labute approximate surface area is 149 Å². The molecular formula is C16H13F4N3O2S. The van der Waals surface area contributed by atoms with E-state index < -0.39 is 24.2 Å². The van der Waals surface area contributed by atoms with E-state index in [-0.39, 0.29) is 22.8 Å². The summed E-state index contributed by atoms with van der Waals surface area (Å²) in [7, 11) is 0. The van der Waals surface area contributed by atoms with Crippen LogP contribution in [0, 0.1) is 0 Å². The topological polar surface area (TPSA) is 59.9 Å². The second-order valence-corrected chi connectivity index (χ2v) is 6.15. The molecule has 1 aromatic carbocycles. The molecule has 0 spiro atoms. The highest BCUT2D eigenvalue weighted by molar-refractivity contribution is 7.99. The van der Waals surface area contributed by atoms with Crippen molar-refractivity contribution in [1.82, 2.24) is 14.5 Å². The number of H-pyrrole nitrogens is 1. The fourth-order valence-corrected chi connectivity index (χ4v) is 3.06. The molecule has 26 heavy (non-hydrogen) atoms. The van der Waals surface area contributed by atoms with E-state index >= 15 is 0 Å². The molecule has 0 aliphatic heterocycles. The number of ether oxygens (including phenoxy) is 1. The minimum Gasteiger partial charge on any atom is -0.491 e. The Morgan fingerprint density at radius 1 is 1.19 bits per heavy atom. The lowest BCUT2D eigenvalue weighted by atomic mass is 10.3. The first-order valence-electron chi connectivity index (χ1n) is 7.48. The predicted octanol–water partition coefficient (Wildman–Crippen LogP) is 3.72. The zero-order valence-corrected chi connectivity index (χ0v) is 14.0. The molecule has 138 valence electrons. The van der Waals surface area contributed by atoms with Gasteiger partial charge in [-0.25, -0.2) is 9.37 Å². The van der Waals surface area contributed by atoms with Crippen molar-refractivity contribution in [2.75, 3.05) is 19.0 Å². The van der Waals surface area contributed by atoms with E-state index in [1.165, 1.54) is 36.5 Å². The Morgan fingerprint density at radius 3 is 2.58 bits per heavy atom. The number of fused-ring (bicyclic) bond motifs is 1. The monoisotopic (exact) mass is 387 g/mol. The molecule has 0 aliphatic rings. The second kappa shape index (κ2) is 7.40. The zero-order chi connectivity index (χ0) is 18.7. The van der Waals surface area contributed by atoms with Crippen LogP contribution >= 0.6 is 11.8 Å². The molecule has 0 unspecified atom stereocenters. The van der Waals surface area contributed by atoms with Crippen LogP contribution in [-0.2, 0) is 0 Å². The highest BCUT2D eigenvalue weighted by Gasteiger charge is 2.29. The Kier molecular flexibility index (Phi) is 5.21. The van der Waals surface area contributed by atoms with Crippen LogP contribution < -0.4 is 10.3 Å². The predicted molar refractivity (Wildman–Crippen MR) is 89.9 cm³/mol. The third-order valence-corrected chi connectivity index (χ3v) is 4.37. The van der Waals surface area contributed by atoms with Crippen molar-refractivity contribution in [2.45, 2.75) is 11.3 Å². The van der Waals surface area contributed by atoms with E-state index in [1.54, 1.807) is 0 Å². The minimum atomic E-state index is -4.40. The summed E-state index contributed by atoms with van der Waals surface area (Å²) in [5.41, 5.74) is 0.0695. The van der Waals surface area contributed by atoms with Crippen molar-refractivity contribution >= 4 is 22.8 Å². The van der Waals surface area contributed by atoms with Gasteiger partial charge in [0.2, 0.25) is 0 Å². The molecule has 0 bridgehead atoms. The maximum absolute atomic E-state index is 12.7. The van der Waals surface area contributed by atoms with Crippen molar-refractivity contribution in [3.05, 3.63) is 46.9 Å². The molecule has 2 aromatic heterocycles. The number of aromatic nitrogens is 3. The lowest BCUT2D eigenvalue weighted by molar-refractivity contribution is -0.105. The van der Waals surface area contributed by atoms with E-state index in [0.717, 1.165) is 4.57 Å². The summed E-state index contributed by atoms with van der Waals surface area (Å²) >= 11 is 0.425. The molecule has 0 fully saturated rings. The lowest BCUT2D eigenvalue weighted by Gasteiger charge is -2.13. The fourth-order valence-electron chi connectivity index (χ4n) is 2.30. The van der Waals surface area contributed by atoms with Crippen LogP contribution in [0.25, 0.3) is 16.7 Å². The van der Waals surface area contributed by atoms with Gasteiger partial charge in [0.15, 0.2) is 5.16 Å². The van der Waals surface area contributed by atoms with Crippen molar-refractivity contribution in [3.63, 3.8) is 0 Å². The van der Waals surface area contributed by atoms with Gasteiger partial charge in [0, 0.05) is 6.20 Å². The number of thioether (sulfide) groups is 1. The fraction of sp³-hybridized carbons (Fsp3) is 0.250. The lowest BCUT2D eigenvalue weighted by Crippen LogP contribution is -2.22. The summed E-state index contributed by atoms with van der Waals surface area (Å²) in [5.74, 6) is -0.789. The normalized spacial score (nSPS) is 11.8. The smallest absolute Gasteiger partial charge is 0.398 e. The van der Waals surface area contributed by atoms with Gasteiger partial charge in [-0.15, -0.1) is 0 Å². The van der Waals surface area contributed by atoms with Crippen LogP contribution in [0.2, 0.25) is 0 Å². The van der Waals surface area contributed by atoms with Gasteiger partial charge in [-0.1, -0.05) is 11.8 Å². The van der Waals surface area contributed by atoms with Gasteiger partial charge in [-0.05, 0) is 30.3 Å². The van der Waals surface area contributed by atoms with Crippen LogP contribution in [0.3, 0.4) is 0 Å². The van der Waals surface area contributed by atoms with Gasteiger partial charge in [0.05, 0.1) is 16.8 Å². The molecule has 3 rings (SSSR count). The first-order chi connectivity index (χ1) is 12.4. The molecule has 0 amide bonds. The van der Waals surface area contributed by atoms with Crippen LogP contribution in [0.15, 0.2) is 46.5 Å². The number of benzene rings is 1. The summed E-state index contributed by atoms with van der Waals surface area (Å²) in [4.78, 5) is 19.6. The number of aromatic amines is 1. The largest absolute Gasteiger partial charge is 0.491 e. The highest BCUT2D eigenvalue weighted by atomic mass is 32.2. The van der Waals surface area contributed by atoms with E-state index in [1.807, 2.05) is 0 Å². The number of nitrogens with zero attached hydrogens (tertiary/aromatic N) is 2.